The lowest BCUT2D eigenvalue weighted by molar-refractivity contribution is 0.0131. The van der Waals surface area contributed by atoms with Crippen molar-refractivity contribution < 1.29 is 14.6 Å². The molecule has 1 saturated heterocycles. The van der Waals surface area contributed by atoms with E-state index in [-0.39, 0.29) is 17.3 Å². The van der Waals surface area contributed by atoms with Gasteiger partial charge >= 0.3 is 6.09 Å². The number of allylic oxidation sites excluding steroid dienone is 1. The molecule has 6 rings (SSSR count). The van der Waals surface area contributed by atoms with Crippen molar-refractivity contribution in [3.8, 4) is 5.75 Å². The van der Waals surface area contributed by atoms with Crippen molar-refractivity contribution >= 4 is 38.9 Å². The number of rotatable bonds is 2. The number of nitrogens with zero attached hydrogens (tertiary/aromatic N) is 3. The zero-order valence-electron chi connectivity index (χ0n) is 20.0. The summed E-state index contributed by atoms with van der Waals surface area (Å²) in [5, 5.41) is 11.7. The molecule has 0 saturated carbocycles. The quantitative estimate of drug-likeness (QED) is 0.315. The topological polar surface area (TPSA) is 84.7 Å². The Balaban J connectivity index is 1.71. The Hall–Kier alpha value is -3.87. The summed E-state index contributed by atoms with van der Waals surface area (Å²) in [5.41, 5.74) is 1.87. The highest BCUT2D eigenvalue weighted by Gasteiger charge is 2.56. The Morgan fingerprint density at radius 3 is 2.80 bits per heavy atom. The molecule has 0 bridgehead atoms. The van der Waals surface area contributed by atoms with Crippen molar-refractivity contribution in [2.24, 2.45) is 0 Å². The van der Waals surface area contributed by atoms with Crippen LogP contribution in [0.2, 0.25) is 0 Å². The van der Waals surface area contributed by atoms with Gasteiger partial charge in [-0.05, 0) is 69.5 Å². The predicted molar refractivity (Wildman–Crippen MR) is 136 cm³/mol. The first-order valence-electron chi connectivity index (χ1n) is 11.9. The van der Waals surface area contributed by atoms with Crippen molar-refractivity contribution in [1.82, 2.24) is 14.5 Å². The molecule has 2 aliphatic rings. The average molecular weight is 470 g/mol. The van der Waals surface area contributed by atoms with Gasteiger partial charge in [0.2, 0.25) is 0 Å². The van der Waals surface area contributed by atoms with Crippen LogP contribution in [0.15, 0.2) is 59.9 Å². The Kier molecular flexibility index (Phi) is 4.37. The fourth-order valence-electron chi connectivity index (χ4n) is 6.00. The van der Waals surface area contributed by atoms with Crippen LogP contribution in [-0.4, -0.2) is 37.8 Å². The molecule has 2 atom stereocenters. The highest BCUT2D eigenvalue weighted by Crippen LogP contribution is 2.56. The average Bonchev–Trinajstić information content (AvgIpc) is 3.29. The van der Waals surface area contributed by atoms with Gasteiger partial charge < -0.3 is 14.4 Å². The van der Waals surface area contributed by atoms with E-state index < -0.39 is 17.2 Å². The third-order valence-corrected chi connectivity index (χ3v) is 7.28. The molecule has 0 aliphatic carbocycles. The maximum atomic E-state index is 13.7. The van der Waals surface area contributed by atoms with Crippen LogP contribution in [0, 0.1) is 0 Å². The number of likely N-dealkylation sites (tertiary alicyclic amines) is 1. The SMILES string of the molecule is C=CC[C@@]12CCN(C(=O)OC(C)(C)C)[C@@H]1n1c3nc4ccc(O)cc4cc3c(=O)c3cccc2c31. The number of hydrogen-bond acceptors (Lipinski definition) is 5. The first-order chi connectivity index (χ1) is 16.6. The molecule has 2 aliphatic heterocycles. The predicted octanol–water partition coefficient (Wildman–Crippen LogP) is 5.38. The Morgan fingerprint density at radius 2 is 2.06 bits per heavy atom. The first-order valence-corrected chi connectivity index (χ1v) is 11.9. The molecule has 4 aromatic rings. The van der Waals surface area contributed by atoms with E-state index in [9.17, 15) is 14.7 Å². The second-order valence-electron chi connectivity index (χ2n) is 10.6. The molecular weight excluding hydrogens is 442 g/mol. The van der Waals surface area contributed by atoms with Crippen LogP contribution >= 0.6 is 0 Å². The van der Waals surface area contributed by atoms with Crippen LogP contribution < -0.4 is 5.43 Å². The van der Waals surface area contributed by atoms with Crippen LogP contribution in [0.25, 0.3) is 32.8 Å². The van der Waals surface area contributed by atoms with Gasteiger partial charge in [0.25, 0.3) is 0 Å². The fourth-order valence-corrected chi connectivity index (χ4v) is 6.00. The largest absolute Gasteiger partial charge is 0.508 e. The minimum Gasteiger partial charge on any atom is -0.508 e. The van der Waals surface area contributed by atoms with Crippen molar-refractivity contribution in [3.05, 3.63) is 70.9 Å². The highest BCUT2D eigenvalue weighted by molar-refractivity contribution is 6.00. The van der Waals surface area contributed by atoms with Gasteiger partial charge in [-0.25, -0.2) is 9.78 Å². The summed E-state index contributed by atoms with van der Waals surface area (Å²) in [7, 11) is 0. The summed E-state index contributed by atoms with van der Waals surface area (Å²) in [5.74, 6) is 0.114. The van der Waals surface area contributed by atoms with Gasteiger partial charge in [-0.15, -0.1) is 6.58 Å². The van der Waals surface area contributed by atoms with Crippen molar-refractivity contribution in [3.63, 3.8) is 0 Å². The molecule has 4 heterocycles. The summed E-state index contributed by atoms with van der Waals surface area (Å²) in [6.07, 6.45) is 2.48. The lowest BCUT2D eigenvalue weighted by atomic mass is 9.76. The molecule has 0 radical (unpaired) electrons. The van der Waals surface area contributed by atoms with E-state index in [1.807, 2.05) is 39.0 Å². The summed E-state index contributed by atoms with van der Waals surface area (Å²) < 4.78 is 7.87. The normalized spacial score (nSPS) is 21.1. The zero-order chi connectivity index (χ0) is 24.7. The maximum Gasteiger partial charge on any atom is 0.411 e. The number of carbonyl (C=O) groups excluding carboxylic acids is 1. The van der Waals surface area contributed by atoms with Crippen LogP contribution in [0.3, 0.4) is 0 Å². The van der Waals surface area contributed by atoms with E-state index >= 15 is 0 Å². The number of pyridine rings is 2. The molecule has 0 spiro atoms. The number of phenols is 1. The van der Waals surface area contributed by atoms with E-state index in [1.54, 1.807) is 29.2 Å². The minimum atomic E-state index is -0.635. The standard InChI is InChI=1S/C28H27N3O4/c1-5-11-28-12-13-30(26(34)35-27(2,3)4)25(28)31-22-18(7-6-8-20(22)28)23(33)19-15-16-14-17(32)9-10-21(16)29-24(19)31/h5-10,14-15,25,32H,1,11-13H2,2-4H3/t25-,28+/m1/s1. The molecular formula is C28H27N3O4. The zero-order valence-corrected chi connectivity index (χ0v) is 20.0. The van der Waals surface area contributed by atoms with Crippen molar-refractivity contribution in [1.29, 1.82) is 0 Å². The molecule has 2 aromatic carbocycles. The molecule has 7 heteroatoms. The number of fused-ring (bicyclic) bond motifs is 6. The third-order valence-electron chi connectivity index (χ3n) is 7.28. The molecule has 1 amide bonds. The van der Waals surface area contributed by atoms with Crippen LogP contribution in [0.4, 0.5) is 4.79 Å². The molecule has 178 valence electrons. The van der Waals surface area contributed by atoms with Gasteiger partial charge in [-0.2, -0.15) is 0 Å². The Labute approximate surface area is 202 Å². The van der Waals surface area contributed by atoms with Gasteiger partial charge in [0.05, 0.1) is 16.4 Å². The Bertz CT molecular complexity index is 1630. The summed E-state index contributed by atoms with van der Waals surface area (Å²) in [6.45, 7) is 10.1. The summed E-state index contributed by atoms with van der Waals surface area (Å²) in [4.78, 5) is 33.8. The van der Waals surface area contributed by atoms with Crippen LogP contribution in [-0.2, 0) is 10.2 Å². The molecule has 2 aromatic heterocycles. The second kappa shape index (κ2) is 7.07. The number of aromatic nitrogens is 2. The number of ether oxygens (including phenoxy) is 1. The van der Waals surface area contributed by atoms with E-state index in [0.29, 0.717) is 40.3 Å². The number of aromatic hydroxyl groups is 1. The maximum absolute atomic E-state index is 13.7. The van der Waals surface area contributed by atoms with Gasteiger partial charge in [0.1, 0.15) is 23.2 Å². The van der Waals surface area contributed by atoms with E-state index in [4.69, 9.17) is 9.72 Å². The van der Waals surface area contributed by atoms with Crippen LogP contribution in [0.5, 0.6) is 5.75 Å². The minimum absolute atomic E-state index is 0.108. The van der Waals surface area contributed by atoms with Gasteiger partial charge in [-0.3, -0.25) is 9.69 Å². The number of hydrogen-bond donors (Lipinski definition) is 1. The third kappa shape index (κ3) is 2.93. The number of para-hydroxylation sites is 1. The van der Waals surface area contributed by atoms with E-state index in [2.05, 4.69) is 17.2 Å². The van der Waals surface area contributed by atoms with Crippen LogP contribution in [0.1, 0.15) is 45.3 Å². The summed E-state index contributed by atoms with van der Waals surface area (Å²) >= 11 is 0. The Morgan fingerprint density at radius 1 is 1.26 bits per heavy atom. The lowest BCUT2D eigenvalue weighted by Gasteiger charge is -2.34. The number of phenolic OH excluding ortho intramolecular Hbond substituents is 1. The van der Waals surface area contributed by atoms with Gasteiger partial charge in [0, 0.05) is 22.7 Å². The highest BCUT2D eigenvalue weighted by atomic mass is 16.6. The van der Waals surface area contributed by atoms with E-state index in [1.165, 1.54) is 0 Å². The van der Waals surface area contributed by atoms with Crippen molar-refractivity contribution in [2.45, 2.75) is 50.8 Å². The molecule has 1 N–H and O–H groups in total. The molecule has 0 unspecified atom stereocenters. The smallest absolute Gasteiger partial charge is 0.411 e. The molecule has 35 heavy (non-hydrogen) atoms. The number of amides is 1. The van der Waals surface area contributed by atoms with Crippen molar-refractivity contribution in [2.75, 3.05) is 6.54 Å². The fraction of sp³-hybridized carbons (Fsp3) is 0.321. The monoisotopic (exact) mass is 469 g/mol. The molecule has 7 nitrogen and oxygen atoms in total. The van der Waals surface area contributed by atoms with Gasteiger partial charge in [0.15, 0.2) is 5.43 Å². The molecule has 1 fully saturated rings. The number of carbonyl (C=O) groups is 1. The van der Waals surface area contributed by atoms with Gasteiger partial charge in [-0.1, -0.05) is 18.2 Å². The van der Waals surface area contributed by atoms with E-state index in [0.717, 1.165) is 17.5 Å². The number of benzene rings is 2. The second-order valence-corrected chi connectivity index (χ2v) is 10.6. The summed E-state index contributed by atoms with van der Waals surface area (Å²) in [6, 6.07) is 12.5. The first kappa shape index (κ1) is 21.6. The lowest BCUT2D eigenvalue weighted by Crippen LogP contribution is -2.41.